The molecule has 0 bridgehead atoms. The van der Waals surface area contributed by atoms with Gasteiger partial charge in [0.25, 0.3) is 0 Å². The Balaban J connectivity index is 2.67. The van der Waals surface area contributed by atoms with Crippen LogP contribution in [-0.2, 0) is 7.05 Å². The maximum Gasteiger partial charge on any atom is 0.304 e. The molecule has 2 aromatic rings. The normalized spacial score (nSPS) is 10.8. The van der Waals surface area contributed by atoms with E-state index in [1.807, 2.05) is 31.0 Å². The lowest BCUT2D eigenvalue weighted by Gasteiger charge is -1.96. The predicted octanol–water partition coefficient (Wildman–Crippen LogP) is 1.45. The average Bonchev–Trinajstić information content (AvgIpc) is 2.60. The highest BCUT2D eigenvalue weighted by Gasteiger charge is 2.12. The molecule has 0 unspecified atom stereocenters. The molecule has 0 aromatic carbocycles. The summed E-state index contributed by atoms with van der Waals surface area (Å²) in [4.78, 5) is 13.8. The Bertz CT molecular complexity index is 520. The van der Waals surface area contributed by atoms with Crippen LogP contribution in [0.2, 0.25) is 0 Å². The van der Waals surface area contributed by atoms with Crippen molar-refractivity contribution in [2.45, 2.75) is 13.8 Å². The molecule has 0 aliphatic carbocycles. The lowest BCUT2D eigenvalue weighted by atomic mass is 10.1. The van der Waals surface area contributed by atoms with Crippen LogP contribution < -0.4 is 4.87 Å². The molecule has 4 nitrogen and oxygen atoms in total. The van der Waals surface area contributed by atoms with Gasteiger partial charge in [-0.1, -0.05) is 11.3 Å². The van der Waals surface area contributed by atoms with Gasteiger partial charge >= 0.3 is 4.87 Å². The first-order chi connectivity index (χ1) is 6.59. The van der Waals surface area contributed by atoms with Crippen molar-refractivity contribution in [1.29, 1.82) is 0 Å². The number of aromatic amines is 1. The molecule has 0 fully saturated rings. The molecule has 0 spiro atoms. The molecule has 0 amide bonds. The molecule has 1 N–H and O–H groups in total. The van der Waals surface area contributed by atoms with Gasteiger partial charge in [0.05, 0.1) is 11.4 Å². The van der Waals surface area contributed by atoms with Gasteiger partial charge in [0.2, 0.25) is 0 Å². The van der Waals surface area contributed by atoms with Crippen LogP contribution in [0.15, 0.2) is 10.2 Å². The van der Waals surface area contributed by atoms with E-state index in [9.17, 15) is 4.79 Å². The SMILES string of the molecule is Cc1nn(C)c(C)c1-c1csc(=O)[nH]1. The third kappa shape index (κ3) is 1.29. The van der Waals surface area contributed by atoms with E-state index < -0.39 is 0 Å². The maximum atomic E-state index is 11.0. The van der Waals surface area contributed by atoms with E-state index in [1.165, 1.54) is 11.3 Å². The first-order valence-electron chi connectivity index (χ1n) is 4.28. The molecule has 2 aromatic heterocycles. The van der Waals surface area contributed by atoms with E-state index in [-0.39, 0.29) is 4.87 Å². The number of hydrogen-bond donors (Lipinski definition) is 1. The molecule has 0 aliphatic rings. The van der Waals surface area contributed by atoms with E-state index in [1.54, 1.807) is 0 Å². The number of H-pyrrole nitrogens is 1. The Morgan fingerprint density at radius 1 is 1.50 bits per heavy atom. The molecule has 0 atom stereocenters. The van der Waals surface area contributed by atoms with E-state index in [2.05, 4.69) is 10.1 Å². The van der Waals surface area contributed by atoms with Gasteiger partial charge in [-0.2, -0.15) is 5.10 Å². The van der Waals surface area contributed by atoms with Crippen LogP contribution in [0.25, 0.3) is 11.3 Å². The Labute approximate surface area is 85.2 Å². The van der Waals surface area contributed by atoms with Crippen LogP contribution in [0.3, 0.4) is 0 Å². The van der Waals surface area contributed by atoms with Crippen molar-refractivity contribution in [2.24, 2.45) is 7.05 Å². The smallest absolute Gasteiger partial charge is 0.304 e. The van der Waals surface area contributed by atoms with Crippen molar-refractivity contribution in [3.63, 3.8) is 0 Å². The average molecular weight is 209 g/mol. The predicted molar refractivity (Wildman–Crippen MR) is 56.6 cm³/mol. The number of hydrogen-bond acceptors (Lipinski definition) is 3. The zero-order valence-electron chi connectivity index (χ0n) is 8.29. The fourth-order valence-corrected chi connectivity index (χ4v) is 2.14. The van der Waals surface area contributed by atoms with Gasteiger partial charge in [0.1, 0.15) is 0 Å². The van der Waals surface area contributed by atoms with Gasteiger partial charge in [-0.15, -0.1) is 0 Å². The lowest BCUT2D eigenvalue weighted by Crippen LogP contribution is -1.94. The zero-order valence-corrected chi connectivity index (χ0v) is 9.10. The highest BCUT2D eigenvalue weighted by molar-refractivity contribution is 7.07. The minimum atomic E-state index is -0.0253. The van der Waals surface area contributed by atoms with E-state index in [0.717, 1.165) is 22.6 Å². The number of nitrogens with zero attached hydrogens (tertiary/aromatic N) is 2. The summed E-state index contributed by atoms with van der Waals surface area (Å²) < 4.78 is 1.82. The van der Waals surface area contributed by atoms with Crippen LogP contribution in [0.4, 0.5) is 0 Å². The molecule has 14 heavy (non-hydrogen) atoms. The molecule has 0 aliphatic heterocycles. The molecule has 2 rings (SSSR count). The van der Waals surface area contributed by atoms with Crippen LogP contribution in [0, 0.1) is 13.8 Å². The quantitative estimate of drug-likeness (QED) is 0.773. The minimum Gasteiger partial charge on any atom is -0.312 e. The molecule has 5 heteroatoms. The molecule has 0 radical (unpaired) electrons. The molecular formula is C9H11N3OS. The third-order valence-corrected chi connectivity index (χ3v) is 2.97. The second kappa shape index (κ2) is 3.09. The van der Waals surface area contributed by atoms with E-state index in [4.69, 9.17) is 0 Å². The fraction of sp³-hybridized carbons (Fsp3) is 0.333. The minimum absolute atomic E-state index is 0.0253. The summed E-state index contributed by atoms with van der Waals surface area (Å²) in [5.41, 5.74) is 3.91. The van der Waals surface area contributed by atoms with E-state index >= 15 is 0 Å². The summed E-state index contributed by atoms with van der Waals surface area (Å²) in [6.07, 6.45) is 0. The van der Waals surface area contributed by atoms with Gasteiger partial charge in [-0.05, 0) is 13.8 Å². The fourth-order valence-electron chi connectivity index (χ4n) is 1.57. The molecule has 0 saturated carbocycles. The number of rotatable bonds is 1. The van der Waals surface area contributed by atoms with Crippen LogP contribution in [0.1, 0.15) is 11.4 Å². The number of nitrogens with one attached hydrogen (secondary N) is 1. The van der Waals surface area contributed by atoms with Crippen molar-refractivity contribution in [1.82, 2.24) is 14.8 Å². The van der Waals surface area contributed by atoms with Crippen molar-refractivity contribution < 1.29 is 0 Å². The lowest BCUT2D eigenvalue weighted by molar-refractivity contribution is 0.731. The molecule has 74 valence electrons. The number of aryl methyl sites for hydroxylation is 2. The van der Waals surface area contributed by atoms with Gasteiger partial charge in [0, 0.05) is 23.7 Å². The van der Waals surface area contributed by atoms with Crippen LogP contribution in [-0.4, -0.2) is 14.8 Å². The van der Waals surface area contributed by atoms with Crippen molar-refractivity contribution in [3.8, 4) is 11.3 Å². The van der Waals surface area contributed by atoms with Crippen LogP contribution >= 0.6 is 11.3 Å². The zero-order chi connectivity index (χ0) is 10.3. The summed E-state index contributed by atoms with van der Waals surface area (Å²) >= 11 is 1.18. The first-order valence-corrected chi connectivity index (χ1v) is 5.16. The monoisotopic (exact) mass is 209 g/mol. The summed E-state index contributed by atoms with van der Waals surface area (Å²) in [6, 6.07) is 0. The third-order valence-electron chi connectivity index (χ3n) is 2.30. The highest BCUT2D eigenvalue weighted by Crippen LogP contribution is 2.24. The van der Waals surface area contributed by atoms with Gasteiger partial charge in [0.15, 0.2) is 0 Å². The Hall–Kier alpha value is -1.36. The van der Waals surface area contributed by atoms with Crippen LogP contribution in [0.5, 0.6) is 0 Å². The Kier molecular flexibility index (Phi) is 2.03. The number of aromatic nitrogens is 3. The highest BCUT2D eigenvalue weighted by atomic mass is 32.1. The summed E-state index contributed by atoms with van der Waals surface area (Å²) in [6.45, 7) is 3.93. The second-order valence-corrected chi connectivity index (χ2v) is 4.07. The van der Waals surface area contributed by atoms with Gasteiger partial charge < -0.3 is 4.98 Å². The topological polar surface area (TPSA) is 50.7 Å². The maximum absolute atomic E-state index is 11.0. The summed E-state index contributed by atoms with van der Waals surface area (Å²) in [5, 5.41) is 6.13. The number of thiazole rings is 1. The Morgan fingerprint density at radius 2 is 2.21 bits per heavy atom. The summed E-state index contributed by atoms with van der Waals surface area (Å²) in [7, 11) is 1.90. The molecule has 2 heterocycles. The molecular weight excluding hydrogens is 198 g/mol. The Morgan fingerprint density at radius 3 is 2.64 bits per heavy atom. The van der Waals surface area contributed by atoms with Gasteiger partial charge in [-0.25, -0.2) is 0 Å². The summed E-state index contributed by atoms with van der Waals surface area (Å²) in [5.74, 6) is 0. The van der Waals surface area contributed by atoms with Crippen molar-refractivity contribution in [2.75, 3.05) is 0 Å². The van der Waals surface area contributed by atoms with Crippen molar-refractivity contribution >= 4 is 11.3 Å². The van der Waals surface area contributed by atoms with Crippen molar-refractivity contribution in [3.05, 3.63) is 26.4 Å². The second-order valence-electron chi connectivity index (χ2n) is 3.23. The van der Waals surface area contributed by atoms with E-state index in [0.29, 0.717) is 0 Å². The van der Waals surface area contributed by atoms with Gasteiger partial charge in [-0.3, -0.25) is 9.48 Å². The largest absolute Gasteiger partial charge is 0.312 e. The molecule has 0 saturated heterocycles. The standard InChI is InChI=1S/C9H11N3OS/c1-5-8(6(2)12(3)11-5)7-4-14-9(13)10-7/h4H,1-3H3,(H,10,13). The first kappa shape index (κ1) is 9.21.